The van der Waals surface area contributed by atoms with Crippen LogP contribution < -0.4 is 4.90 Å². The summed E-state index contributed by atoms with van der Waals surface area (Å²) in [5, 5.41) is 9.29. The van der Waals surface area contributed by atoms with Crippen LogP contribution in [-0.2, 0) is 0 Å². The molecule has 0 unspecified atom stereocenters. The molecule has 0 radical (unpaired) electrons. The van der Waals surface area contributed by atoms with E-state index < -0.39 is 0 Å². The molecule has 0 spiro atoms. The maximum atomic E-state index is 8.91. The molecule has 1 aromatic heterocycles. The molecule has 0 fully saturated rings. The smallest absolute Gasteiger partial charge is 0.152 e. The van der Waals surface area contributed by atoms with E-state index >= 15 is 0 Å². The van der Waals surface area contributed by atoms with Gasteiger partial charge in [0.2, 0.25) is 0 Å². The third-order valence-electron chi connectivity index (χ3n) is 2.45. The van der Waals surface area contributed by atoms with E-state index in [1.165, 1.54) is 0 Å². The number of anilines is 2. The Morgan fingerprint density at radius 2 is 1.94 bits per heavy atom. The first-order valence-electron chi connectivity index (χ1n) is 5.07. The summed E-state index contributed by atoms with van der Waals surface area (Å²) in [5.41, 5.74) is 1.40. The molecule has 0 atom stereocenters. The molecule has 0 amide bonds. The third-order valence-corrected chi connectivity index (χ3v) is 2.83. The van der Waals surface area contributed by atoms with Gasteiger partial charge in [0.15, 0.2) is 5.82 Å². The molecule has 2 rings (SSSR count). The lowest BCUT2D eigenvalue weighted by Gasteiger charge is -2.19. The van der Waals surface area contributed by atoms with E-state index in [9.17, 15) is 0 Å². The Bertz CT molecular complexity index is 561. The van der Waals surface area contributed by atoms with Crippen LogP contribution in [-0.4, -0.2) is 12.0 Å². The average molecular weight is 244 g/mol. The van der Waals surface area contributed by atoms with Gasteiger partial charge in [0, 0.05) is 18.9 Å². The lowest BCUT2D eigenvalue weighted by Crippen LogP contribution is -2.11. The minimum atomic E-state index is 0.376. The van der Waals surface area contributed by atoms with Crippen LogP contribution in [0.25, 0.3) is 0 Å². The summed E-state index contributed by atoms with van der Waals surface area (Å²) < 4.78 is 0. The molecule has 3 nitrogen and oxygen atoms in total. The summed E-state index contributed by atoms with van der Waals surface area (Å²) in [6.07, 6.45) is 1.58. The number of halogens is 1. The lowest BCUT2D eigenvalue weighted by atomic mass is 10.2. The topological polar surface area (TPSA) is 39.9 Å². The zero-order valence-corrected chi connectivity index (χ0v) is 10.0. The van der Waals surface area contributed by atoms with Gasteiger partial charge in [0.1, 0.15) is 11.1 Å². The summed E-state index contributed by atoms with van der Waals surface area (Å²) in [6, 6.07) is 13.4. The Balaban J connectivity index is 2.45. The van der Waals surface area contributed by atoms with Crippen LogP contribution >= 0.6 is 11.6 Å². The summed E-state index contributed by atoms with van der Waals surface area (Å²) in [6.45, 7) is 0. The van der Waals surface area contributed by atoms with Crippen molar-refractivity contribution in [1.82, 2.24) is 4.98 Å². The number of nitrogens with zero attached hydrogens (tertiary/aromatic N) is 3. The second-order valence-electron chi connectivity index (χ2n) is 3.50. The van der Waals surface area contributed by atoms with E-state index in [1.54, 1.807) is 12.3 Å². The lowest BCUT2D eigenvalue weighted by molar-refractivity contribution is 1.12. The largest absolute Gasteiger partial charge is 0.328 e. The summed E-state index contributed by atoms with van der Waals surface area (Å²) in [7, 11) is 1.87. The van der Waals surface area contributed by atoms with Crippen molar-refractivity contribution in [2.75, 3.05) is 11.9 Å². The van der Waals surface area contributed by atoms with Gasteiger partial charge in [-0.15, -0.1) is 0 Å². The first-order chi connectivity index (χ1) is 8.24. The van der Waals surface area contributed by atoms with Crippen LogP contribution in [0, 0.1) is 11.3 Å². The summed E-state index contributed by atoms with van der Waals surface area (Å²) in [5.74, 6) is 0.580. The standard InChI is InChI=1S/C13H10ClN3/c1-17(11-5-3-2-4-6-11)13-12(14)10(9-15)7-8-16-13/h2-8H,1H3. The van der Waals surface area contributed by atoms with Crippen molar-refractivity contribution < 1.29 is 0 Å². The highest BCUT2D eigenvalue weighted by atomic mass is 35.5. The maximum absolute atomic E-state index is 8.91. The summed E-state index contributed by atoms with van der Waals surface area (Å²) >= 11 is 6.13. The first-order valence-corrected chi connectivity index (χ1v) is 5.45. The van der Waals surface area contributed by atoms with E-state index in [4.69, 9.17) is 16.9 Å². The van der Waals surface area contributed by atoms with E-state index in [2.05, 4.69) is 4.98 Å². The van der Waals surface area contributed by atoms with Gasteiger partial charge in [0.25, 0.3) is 0 Å². The molecular weight excluding hydrogens is 234 g/mol. The average Bonchev–Trinajstić information content (AvgIpc) is 2.39. The van der Waals surface area contributed by atoms with E-state index in [-0.39, 0.29) is 0 Å². The first kappa shape index (κ1) is 11.4. The van der Waals surface area contributed by atoms with E-state index in [0.717, 1.165) is 5.69 Å². The molecule has 0 N–H and O–H groups in total. The highest BCUT2D eigenvalue weighted by molar-refractivity contribution is 6.34. The Labute approximate surface area is 105 Å². The fourth-order valence-corrected chi connectivity index (χ4v) is 1.81. The second-order valence-corrected chi connectivity index (χ2v) is 3.88. The van der Waals surface area contributed by atoms with Gasteiger partial charge in [-0.2, -0.15) is 5.26 Å². The fourth-order valence-electron chi connectivity index (χ4n) is 1.53. The molecule has 0 aliphatic heterocycles. The molecule has 1 aromatic carbocycles. The van der Waals surface area contributed by atoms with Gasteiger partial charge in [0.05, 0.1) is 5.56 Å². The number of pyridine rings is 1. The Morgan fingerprint density at radius 1 is 1.24 bits per heavy atom. The molecule has 2 aromatic rings. The SMILES string of the molecule is CN(c1ccccc1)c1nccc(C#N)c1Cl. The second kappa shape index (κ2) is 4.86. The van der Waals surface area contributed by atoms with Gasteiger partial charge >= 0.3 is 0 Å². The molecule has 0 aliphatic rings. The van der Waals surface area contributed by atoms with Crippen molar-refractivity contribution in [2.24, 2.45) is 0 Å². The molecule has 17 heavy (non-hydrogen) atoms. The number of para-hydroxylation sites is 1. The van der Waals surface area contributed by atoms with Crippen molar-refractivity contribution in [3.63, 3.8) is 0 Å². The number of hydrogen-bond donors (Lipinski definition) is 0. The van der Waals surface area contributed by atoms with Crippen molar-refractivity contribution in [3.05, 3.63) is 53.2 Å². The molecule has 0 bridgehead atoms. The molecular formula is C13H10ClN3. The normalized spacial score (nSPS) is 9.71. The highest BCUT2D eigenvalue weighted by Crippen LogP contribution is 2.30. The molecule has 0 saturated heterocycles. The number of rotatable bonds is 2. The summed E-state index contributed by atoms with van der Waals surface area (Å²) in [4.78, 5) is 6.06. The van der Waals surface area contributed by atoms with Crippen molar-refractivity contribution in [3.8, 4) is 6.07 Å². The van der Waals surface area contributed by atoms with Crippen LogP contribution in [0.5, 0.6) is 0 Å². The molecule has 84 valence electrons. The van der Waals surface area contributed by atoms with Crippen molar-refractivity contribution in [1.29, 1.82) is 5.26 Å². The van der Waals surface area contributed by atoms with E-state index in [1.807, 2.05) is 48.3 Å². The van der Waals surface area contributed by atoms with Crippen LogP contribution in [0.3, 0.4) is 0 Å². The number of aromatic nitrogens is 1. The van der Waals surface area contributed by atoms with E-state index in [0.29, 0.717) is 16.4 Å². The monoisotopic (exact) mass is 243 g/mol. The predicted molar refractivity (Wildman–Crippen MR) is 68.5 cm³/mol. The number of nitriles is 1. The minimum absolute atomic E-state index is 0.376. The van der Waals surface area contributed by atoms with Gasteiger partial charge in [-0.1, -0.05) is 29.8 Å². The zero-order valence-electron chi connectivity index (χ0n) is 9.26. The highest BCUT2D eigenvalue weighted by Gasteiger charge is 2.12. The maximum Gasteiger partial charge on any atom is 0.152 e. The van der Waals surface area contributed by atoms with Crippen LogP contribution in [0.2, 0.25) is 5.02 Å². The van der Waals surface area contributed by atoms with Gasteiger partial charge in [-0.3, -0.25) is 0 Å². The Kier molecular flexibility index (Phi) is 3.27. The molecule has 0 aliphatic carbocycles. The predicted octanol–water partition coefficient (Wildman–Crippen LogP) is 3.37. The van der Waals surface area contributed by atoms with Crippen molar-refractivity contribution >= 4 is 23.1 Å². The zero-order chi connectivity index (χ0) is 12.3. The number of hydrogen-bond acceptors (Lipinski definition) is 3. The van der Waals surface area contributed by atoms with Gasteiger partial charge in [-0.25, -0.2) is 4.98 Å². The molecule has 0 saturated carbocycles. The van der Waals surface area contributed by atoms with Crippen LogP contribution in [0.4, 0.5) is 11.5 Å². The van der Waals surface area contributed by atoms with Gasteiger partial charge in [-0.05, 0) is 18.2 Å². The third kappa shape index (κ3) is 2.22. The molecule has 1 heterocycles. The Morgan fingerprint density at radius 3 is 2.59 bits per heavy atom. The Hall–Kier alpha value is -2.05. The van der Waals surface area contributed by atoms with Crippen LogP contribution in [0.15, 0.2) is 42.6 Å². The quantitative estimate of drug-likeness (QED) is 0.812. The van der Waals surface area contributed by atoms with Gasteiger partial charge < -0.3 is 4.90 Å². The number of benzene rings is 1. The molecule has 4 heteroatoms. The van der Waals surface area contributed by atoms with Crippen LogP contribution in [0.1, 0.15) is 5.56 Å². The van der Waals surface area contributed by atoms with Crippen molar-refractivity contribution in [2.45, 2.75) is 0 Å². The fraction of sp³-hybridized carbons (Fsp3) is 0.0769. The minimum Gasteiger partial charge on any atom is -0.328 e.